The quantitative estimate of drug-likeness (QED) is 0.769. The lowest BCUT2D eigenvalue weighted by atomic mass is 10.1. The normalized spacial score (nSPS) is 11.8. The van der Waals surface area contributed by atoms with Gasteiger partial charge in [0, 0.05) is 15.2 Å². The van der Waals surface area contributed by atoms with E-state index in [0.29, 0.717) is 11.6 Å². The second kappa shape index (κ2) is 7.48. The second-order valence-corrected chi connectivity index (χ2v) is 5.75. The van der Waals surface area contributed by atoms with Gasteiger partial charge in [0.1, 0.15) is 0 Å². The van der Waals surface area contributed by atoms with E-state index in [1.165, 1.54) is 0 Å². The van der Waals surface area contributed by atoms with Crippen LogP contribution >= 0.6 is 27.5 Å². The Kier molecular flexibility index (Phi) is 5.65. The van der Waals surface area contributed by atoms with Crippen LogP contribution in [0.1, 0.15) is 18.5 Å². The maximum absolute atomic E-state index is 12.2. The minimum Gasteiger partial charge on any atom is -0.464 e. The summed E-state index contributed by atoms with van der Waals surface area (Å²) >= 11 is 9.39. The zero-order valence-corrected chi connectivity index (χ0v) is 13.8. The first-order valence-electron chi connectivity index (χ1n) is 6.54. The third-order valence-electron chi connectivity index (χ3n) is 2.84. The molecule has 2 aromatic rings. The van der Waals surface area contributed by atoms with Gasteiger partial charge in [0.05, 0.1) is 6.61 Å². The predicted octanol–water partition coefficient (Wildman–Crippen LogP) is 4.82. The van der Waals surface area contributed by atoms with E-state index in [2.05, 4.69) is 21.2 Å². The molecular formula is C16H15BrClNO2. The first kappa shape index (κ1) is 15.9. The van der Waals surface area contributed by atoms with Crippen LogP contribution in [0, 0.1) is 0 Å². The van der Waals surface area contributed by atoms with Crippen molar-refractivity contribution < 1.29 is 9.53 Å². The summed E-state index contributed by atoms with van der Waals surface area (Å²) in [6.45, 7) is 2.12. The van der Waals surface area contributed by atoms with Crippen LogP contribution in [0.4, 0.5) is 5.69 Å². The van der Waals surface area contributed by atoms with E-state index in [1.807, 2.05) is 36.4 Å². The van der Waals surface area contributed by atoms with Crippen LogP contribution in [0.25, 0.3) is 0 Å². The van der Waals surface area contributed by atoms with Crippen molar-refractivity contribution in [3.05, 3.63) is 63.6 Å². The second-order valence-electron chi connectivity index (χ2n) is 4.39. The highest BCUT2D eigenvalue weighted by molar-refractivity contribution is 9.10. The fourth-order valence-electron chi connectivity index (χ4n) is 1.94. The van der Waals surface area contributed by atoms with Crippen LogP contribution in [0.2, 0.25) is 5.02 Å². The highest BCUT2D eigenvalue weighted by Crippen LogP contribution is 2.25. The van der Waals surface area contributed by atoms with E-state index < -0.39 is 6.04 Å². The monoisotopic (exact) mass is 367 g/mol. The molecule has 0 aliphatic heterocycles. The van der Waals surface area contributed by atoms with Gasteiger partial charge >= 0.3 is 5.97 Å². The van der Waals surface area contributed by atoms with Crippen molar-refractivity contribution in [1.29, 1.82) is 0 Å². The molecule has 3 nitrogen and oxygen atoms in total. The molecule has 5 heteroatoms. The molecule has 2 aromatic carbocycles. The number of carbonyl (C=O) groups is 1. The third-order valence-corrected chi connectivity index (χ3v) is 3.57. The number of ether oxygens (including phenoxy) is 1. The Labute approximate surface area is 137 Å². The average Bonchev–Trinajstić information content (AvgIpc) is 2.45. The van der Waals surface area contributed by atoms with Crippen LogP contribution in [0.5, 0.6) is 0 Å². The molecule has 0 spiro atoms. The lowest BCUT2D eigenvalue weighted by molar-refractivity contribution is -0.144. The maximum atomic E-state index is 12.2. The van der Waals surface area contributed by atoms with Gasteiger partial charge in [-0.25, -0.2) is 4.79 Å². The third kappa shape index (κ3) is 4.48. The van der Waals surface area contributed by atoms with Gasteiger partial charge in [-0.3, -0.25) is 0 Å². The molecule has 0 radical (unpaired) electrons. The molecule has 110 valence electrons. The van der Waals surface area contributed by atoms with Crippen molar-refractivity contribution in [3.8, 4) is 0 Å². The van der Waals surface area contributed by atoms with Crippen molar-refractivity contribution >= 4 is 39.2 Å². The van der Waals surface area contributed by atoms with E-state index >= 15 is 0 Å². The molecule has 0 aromatic heterocycles. The van der Waals surface area contributed by atoms with E-state index in [1.54, 1.807) is 19.1 Å². The highest BCUT2D eigenvalue weighted by atomic mass is 79.9. The standard InChI is InChI=1S/C16H15BrClNO2/c1-2-21-16(20)15(11-5-3-6-12(17)9-11)19-14-8-4-7-13(18)10-14/h3-10,15,19H,2H2,1H3. The molecule has 1 atom stereocenters. The number of benzene rings is 2. The van der Waals surface area contributed by atoms with Crippen LogP contribution in [0.15, 0.2) is 53.0 Å². The molecule has 0 saturated heterocycles. The number of hydrogen-bond acceptors (Lipinski definition) is 3. The van der Waals surface area contributed by atoms with Crippen molar-refractivity contribution in [1.82, 2.24) is 0 Å². The van der Waals surface area contributed by atoms with Gasteiger partial charge in [0.2, 0.25) is 0 Å². The van der Waals surface area contributed by atoms with E-state index in [-0.39, 0.29) is 5.97 Å². The van der Waals surface area contributed by atoms with Gasteiger partial charge < -0.3 is 10.1 Å². The summed E-state index contributed by atoms with van der Waals surface area (Å²) in [5, 5.41) is 3.78. The number of hydrogen-bond donors (Lipinski definition) is 1. The van der Waals surface area contributed by atoms with Crippen molar-refractivity contribution in [2.45, 2.75) is 13.0 Å². The first-order valence-corrected chi connectivity index (χ1v) is 7.71. The molecule has 0 aliphatic carbocycles. The number of anilines is 1. The SMILES string of the molecule is CCOC(=O)C(Nc1cccc(Cl)c1)c1cccc(Br)c1. The Bertz CT molecular complexity index is 633. The van der Waals surface area contributed by atoms with Crippen LogP contribution < -0.4 is 5.32 Å². The van der Waals surface area contributed by atoms with Crippen molar-refractivity contribution in [3.63, 3.8) is 0 Å². The lowest BCUT2D eigenvalue weighted by Gasteiger charge is -2.19. The van der Waals surface area contributed by atoms with Crippen LogP contribution in [0.3, 0.4) is 0 Å². The van der Waals surface area contributed by atoms with Gasteiger partial charge in [0.15, 0.2) is 6.04 Å². The van der Waals surface area contributed by atoms with E-state index in [0.717, 1.165) is 15.7 Å². The Morgan fingerprint density at radius 3 is 2.71 bits per heavy atom. The molecule has 0 heterocycles. The Hall–Kier alpha value is -1.52. The Morgan fingerprint density at radius 2 is 2.05 bits per heavy atom. The van der Waals surface area contributed by atoms with Gasteiger partial charge in [-0.15, -0.1) is 0 Å². The molecule has 0 saturated carbocycles. The largest absolute Gasteiger partial charge is 0.464 e. The van der Waals surface area contributed by atoms with Gasteiger partial charge in [-0.2, -0.15) is 0 Å². The highest BCUT2D eigenvalue weighted by Gasteiger charge is 2.22. The fraction of sp³-hybridized carbons (Fsp3) is 0.188. The number of nitrogens with one attached hydrogen (secondary N) is 1. The summed E-state index contributed by atoms with van der Waals surface area (Å²) in [5.41, 5.74) is 1.59. The summed E-state index contributed by atoms with van der Waals surface area (Å²) in [4.78, 5) is 12.2. The Balaban J connectivity index is 2.30. The molecule has 0 aliphatic rings. The summed E-state index contributed by atoms with van der Waals surface area (Å²) < 4.78 is 6.06. The number of carbonyl (C=O) groups excluding carboxylic acids is 1. The van der Waals surface area contributed by atoms with E-state index in [9.17, 15) is 4.79 Å². The zero-order valence-electron chi connectivity index (χ0n) is 11.5. The fourth-order valence-corrected chi connectivity index (χ4v) is 2.54. The molecule has 0 fully saturated rings. The molecule has 0 amide bonds. The smallest absolute Gasteiger partial charge is 0.333 e. The van der Waals surface area contributed by atoms with Crippen LogP contribution in [-0.4, -0.2) is 12.6 Å². The van der Waals surface area contributed by atoms with Crippen molar-refractivity contribution in [2.75, 3.05) is 11.9 Å². The topological polar surface area (TPSA) is 38.3 Å². The summed E-state index contributed by atoms with van der Waals surface area (Å²) in [5.74, 6) is -0.324. The molecule has 21 heavy (non-hydrogen) atoms. The maximum Gasteiger partial charge on any atom is 0.333 e. The summed E-state index contributed by atoms with van der Waals surface area (Å²) in [6.07, 6.45) is 0. The predicted molar refractivity (Wildman–Crippen MR) is 88.6 cm³/mol. The van der Waals surface area contributed by atoms with Crippen LogP contribution in [-0.2, 0) is 9.53 Å². The van der Waals surface area contributed by atoms with Gasteiger partial charge in [-0.1, -0.05) is 45.7 Å². The molecule has 1 N–H and O–H groups in total. The first-order chi connectivity index (χ1) is 10.1. The van der Waals surface area contributed by atoms with Gasteiger partial charge in [0.25, 0.3) is 0 Å². The lowest BCUT2D eigenvalue weighted by Crippen LogP contribution is -2.23. The Morgan fingerprint density at radius 1 is 1.29 bits per heavy atom. The molecule has 2 rings (SSSR count). The molecule has 0 bridgehead atoms. The number of esters is 1. The minimum absolute atomic E-state index is 0.324. The molecule has 1 unspecified atom stereocenters. The van der Waals surface area contributed by atoms with Crippen molar-refractivity contribution in [2.24, 2.45) is 0 Å². The number of rotatable bonds is 5. The summed E-state index contributed by atoms with van der Waals surface area (Å²) in [7, 11) is 0. The zero-order chi connectivity index (χ0) is 15.2. The number of halogens is 2. The van der Waals surface area contributed by atoms with E-state index in [4.69, 9.17) is 16.3 Å². The molecular weight excluding hydrogens is 354 g/mol. The average molecular weight is 369 g/mol. The van der Waals surface area contributed by atoms with Gasteiger partial charge in [-0.05, 0) is 42.8 Å². The minimum atomic E-state index is -0.582. The summed E-state index contributed by atoms with van der Waals surface area (Å²) in [6, 6.07) is 14.2.